The van der Waals surface area contributed by atoms with Crippen LogP contribution in [-0.2, 0) is 0 Å². The number of rotatable bonds is 2. The molecule has 0 bridgehead atoms. The van der Waals surface area contributed by atoms with Gasteiger partial charge >= 0.3 is 5.97 Å². The highest BCUT2D eigenvalue weighted by Gasteiger charge is 2.13. The van der Waals surface area contributed by atoms with Crippen LogP contribution in [0.1, 0.15) is 15.9 Å². The molecule has 0 aromatic heterocycles. The zero-order chi connectivity index (χ0) is 14.0. The molecule has 0 radical (unpaired) electrons. The van der Waals surface area contributed by atoms with Crippen molar-refractivity contribution >= 4 is 29.2 Å². The number of hydrogen-bond donors (Lipinski definition) is 1. The third kappa shape index (κ3) is 2.87. The van der Waals surface area contributed by atoms with E-state index in [0.29, 0.717) is 26.7 Å². The van der Waals surface area contributed by atoms with Crippen LogP contribution in [0.4, 0.5) is 0 Å². The first-order chi connectivity index (χ1) is 9.01. The van der Waals surface area contributed by atoms with E-state index in [0.717, 1.165) is 0 Å². The Hall–Kier alpha value is -2.02. The van der Waals surface area contributed by atoms with E-state index in [1.54, 1.807) is 18.2 Å². The monoisotopic (exact) mass is 291 g/mol. The molecule has 0 aliphatic heterocycles. The third-order valence-electron chi connectivity index (χ3n) is 2.55. The average Bonchev–Trinajstić information content (AvgIpc) is 2.36. The second-order valence-corrected chi connectivity index (χ2v) is 4.71. The molecule has 0 heterocycles. The summed E-state index contributed by atoms with van der Waals surface area (Å²) in [5, 5.41) is 18.9. The largest absolute Gasteiger partial charge is 0.478 e. The maximum Gasteiger partial charge on any atom is 0.336 e. The highest BCUT2D eigenvalue weighted by atomic mass is 35.5. The molecule has 0 unspecified atom stereocenters. The minimum atomic E-state index is -1.07. The van der Waals surface area contributed by atoms with Crippen LogP contribution >= 0.6 is 23.2 Å². The fourth-order valence-corrected chi connectivity index (χ4v) is 2.27. The number of carbonyl (C=O) groups is 1. The number of carboxylic acids is 1. The summed E-state index contributed by atoms with van der Waals surface area (Å²) in [5.41, 5.74) is 1.44. The lowest BCUT2D eigenvalue weighted by molar-refractivity contribution is 0.0697. The summed E-state index contributed by atoms with van der Waals surface area (Å²) in [4.78, 5) is 11.2. The van der Waals surface area contributed by atoms with Gasteiger partial charge in [0.25, 0.3) is 0 Å². The number of benzene rings is 2. The van der Waals surface area contributed by atoms with Crippen LogP contribution in [0.3, 0.4) is 0 Å². The molecule has 94 valence electrons. The molecule has 0 aliphatic rings. The van der Waals surface area contributed by atoms with E-state index < -0.39 is 5.97 Å². The lowest BCUT2D eigenvalue weighted by atomic mass is 9.97. The van der Waals surface area contributed by atoms with Gasteiger partial charge in [0.05, 0.1) is 17.2 Å². The van der Waals surface area contributed by atoms with Gasteiger partial charge in [-0.1, -0.05) is 23.2 Å². The van der Waals surface area contributed by atoms with Crippen LogP contribution in [0.15, 0.2) is 36.4 Å². The van der Waals surface area contributed by atoms with E-state index >= 15 is 0 Å². The Kier molecular flexibility index (Phi) is 3.75. The summed E-state index contributed by atoms with van der Waals surface area (Å²) < 4.78 is 0. The number of carboxylic acid groups (broad SMARTS) is 1. The van der Waals surface area contributed by atoms with E-state index in [2.05, 4.69) is 0 Å². The summed E-state index contributed by atoms with van der Waals surface area (Å²) in [6, 6.07) is 11.1. The van der Waals surface area contributed by atoms with Crippen LogP contribution in [0.2, 0.25) is 10.0 Å². The molecular weight excluding hydrogens is 285 g/mol. The first-order valence-corrected chi connectivity index (χ1v) is 6.01. The molecule has 0 saturated heterocycles. The predicted molar refractivity (Wildman–Crippen MR) is 73.6 cm³/mol. The van der Waals surface area contributed by atoms with Gasteiger partial charge in [0.2, 0.25) is 0 Å². The summed E-state index contributed by atoms with van der Waals surface area (Å²) in [6.07, 6.45) is 0. The molecule has 0 amide bonds. The van der Waals surface area contributed by atoms with Crippen molar-refractivity contribution in [3.05, 3.63) is 57.6 Å². The summed E-state index contributed by atoms with van der Waals surface area (Å²) in [6.45, 7) is 0. The highest BCUT2D eigenvalue weighted by molar-refractivity contribution is 6.35. The summed E-state index contributed by atoms with van der Waals surface area (Å²) >= 11 is 11.8. The lowest BCUT2D eigenvalue weighted by Gasteiger charge is -2.08. The Bertz CT molecular complexity index is 685. The number of aromatic carboxylic acids is 1. The van der Waals surface area contributed by atoms with Crippen molar-refractivity contribution in [3.63, 3.8) is 0 Å². The molecule has 19 heavy (non-hydrogen) atoms. The van der Waals surface area contributed by atoms with Gasteiger partial charge < -0.3 is 5.11 Å². The first-order valence-electron chi connectivity index (χ1n) is 5.25. The van der Waals surface area contributed by atoms with Crippen LogP contribution in [-0.4, -0.2) is 11.1 Å². The lowest BCUT2D eigenvalue weighted by Crippen LogP contribution is -2.00. The van der Waals surface area contributed by atoms with Gasteiger partial charge in [0, 0.05) is 10.0 Å². The fourth-order valence-electron chi connectivity index (χ4n) is 1.75. The van der Waals surface area contributed by atoms with Gasteiger partial charge in [-0.15, -0.1) is 0 Å². The van der Waals surface area contributed by atoms with Gasteiger partial charge in [0.1, 0.15) is 0 Å². The molecule has 0 spiro atoms. The maximum absolute atomic E-state index is 11.2. The van der Waals surface area contributed by atoms with Gasteiger partial charge in [-0.25, -0.2) is 4.79 Å². The van der Waals surface area contributed by atoms with Gasteiger partial charge in [0.15, 0.2) is 0 Å². The minimum Gasteiger partial charge on any atom is -0.478 e. The quantitative estimate of drug-likeness (QED) is 0.901. The number of hydrogen-bond acceptors (Lipinski definition) is 2. The first kappa shape index (κ1) is 13.4. The zero-order valence-electron chi connectivity index (χ0n) is 9.52. The number of nitrogens with zero attached hydrogens (tertiary/aromatic N) is 1. The van der Waals surface area contributed by atoms with Crippen LogP contribution in [0, 0.1) is 11.3 Å². The topological polar surface area (TPSA) is 61.1 Å². The van der Waals surface area contributed by atoms with Gasteiger partial charge in [-0.3, -0.25) is 0 Å². The van der Waals surface area contributed by atoms with E-state index in [-0.39, 0.29) is 5.56 Å². The highest BCUT2D eigenvalue weighted by Crippen LogP contribution is 2.30. The maximum atomic E-state index is 11.2. The second-order valence-electron chi connectivity index (χ2n) is 3.84. The molecule has 1 N–H and O–H groups in total. The molecule has 5 heteroatoms. The molecule has 2 rings (SSSR count). The van der Waals surface area contributed by atoms with Crippen molar-refractivity contribution in [2.75, 3.05) is 0 Å². The molecular formula is C14H7Cl2NO2. The van der Waals surface area contributed by atoms with Gasteiger partial charge in [-0.05, 0) is 47.5 Å². The van der Waals surface area contributed by atoms with Gasteiger partial charge in [-0.2, -0.15) is 5.26 Å². The summed E-state index contributed by atoms with van der Waals surface area (Å²) in [7, 11) is 0. The van der Waals surface area contributed by atoms with E-state index in [9.17, 15) is 9.90 Å². The predicted octanol–water partition coefficient (Wildman–Crippen LogP) is 4.23. The minimum absolute atomic E-state index is 0.0948. The number of nitriles is 1. The van der Waals surface area contributed by atoms with Crippen LogP contribution < -0.4 is 0 Å². The standard InChI is InChI=1S/C14H7Cl2NO2/c15-10-4-9(5-11(16)6-10)13-3-8(7-17)1-2-12(13)14(18)19/h1-6H,(H,18,19). The average molecular weight is 292 g/mol. The molecule has 0 fully saturated rings. The molecule has 3 nitrogen and oxygen atoms in total. The molecule has 2 aromatic carbocycles. The SMILES string of the molecule is N#Cc1ccc(C(=O)O)c(-c2cc(Cl)cc(Cl)c2)c1. The van der Waals surface area contributed by atoms with Crippen molar-refractivity contribution in [1.82, 2.24) is 0 Å². The molecule has 2 aromatic rings. The van der Waals surface area contributed by atoms with Crippen molar-refractivity contribution in [2.45, 2.75) is 0 Å². The molecule has 0 saturated carbocycles. The Balaban J connectivity index is 2.72. The Morgan fingerprint density at radius 1 is 1.11 bits per heavy atom. The fraction of sp³-hybridized carbons (Fsp3) is 0. The van der Waals surface area contributed by atoms with Crippen LogP contribution in [0.25, 0.3) is 11.1 Å². The normalized spacial score (nSPS) is 9.95. The van der Waals surface area contributed by atoms with Crippen molar-refractivity contribution in [1.29, 1.82) is 5.26 Å². The summed E-state index contributed by atoms with van der Waals surface area (Å²) in [5.74, 6) is -1.07. The van der Waals surface area contributed by atoms with E-state index in [1.165, 1.54) is 18.2 Å². The Morgan fingerprint density at radius 3 is 2.26 bits per heavy atom. The smallest absolute Gasteiger partial charge is 0.336 e. The Labute approximate surface area is 119 Å². The van der Waals surface area contributed by atoms with Crippen molar-refractivity contribution < 1.29 is 9.90 Å². The molecule has 0 atom stereocenters. The molecule has 0 aliphatic carbocycles. The zero-order valence-corrected chi connectivity index (χ0v) is 11.0. The second kappa shape index (κ2) is 5.31. The van der Waals surface area contributed by atoms with E-state index in [4.69, 9.17) is 28.5 Å². The number of halogens is 2. The van der Waals surface area contributed by atoms with Crippen LogP contribution in [0.5, 0.6) is 0 Å². The van der Waals surface area contributed by atoms with Crippen molar-refractivity contribution in [3.8, 4) is 17.2 Å². The Morgan fingerprint density at radius 2 is 1.74 bits per heavy atom. The van der Waals surface area contributed by atoms with Crippen molar-refractivity contribution in [2.24, 2.45) is 0 Å². The third-order valence-corrected chi connectivity index (χ3v) is 2.99. The van der Waals surface area contributed by atoms with E-state index in [1.807, 2.05) is 6.07 Å².